The number of carbonyl (C=O) groups is 2. The van der Waals surface area contributed by atoms with Crippen LogP contribution in [0, 0.1) is 0 Å². The van der Waals surface area contributed by atoms with Crippen molar-refractivity contribution in [3.05, 3.63) is 22.4 Å². The molecule has 5 nitrogen and oxygen atoms in total. The van der Waals surface area contributed by atoms with Gasteiger partial charge in [0.15, 0.2) is 5.78 Å². The Kier molecular flexibility index (Phi) is 5.00. The SMILES string of the molecule is CC(C)(C)OC(=O)N1CCC(NCC(=O)c2cccs2)C1. The zero-order valence-corrected chi connectivity index (χ0v) is 13.5. The lowest BCUT2D eigenvalue weighted by atomic mass is 10.2. The molecular weight excluding hydrogens is 288 g/mol. The van der Waals surface area contributed by atoms with Gasteiger partial charge < -0.3 is 15.0 Å². The molecule has 21 heavy (non-hydrogen) atoms. The number of Topliss-reactive ketones (excluding diaryl/α,β-unsaturated/α-hetero) is 1. The molecule has 1 aliphatic rings. The summed E-state index contributed by atoms with van der Waals surface area (Å²) in [4.78, 5) is 26.3. The molecule has 116 valence electrons. The van der Waals surface area contributed by atoms with Crippen LogP contribution in [-0.2, 0) is 4.74 Å². The third-order valence-electron chi connectivity index (χ3n) is 3.19. The van der Waals surface area contributed by atoms with Crippen molar-refractivity contribution >= 4 is 23.2 Å². The van der Waals surface area contributed by atoms with Crippen LogP contribution in [0.5, 0.6) is 0 Å². The first-order valence-electron chi connectivity index (χ1n) is 7.13. The van der Waals surface area contributed by atoms with Gasteiger partial charge in [-0.3, -0.25) is 4.79 Å². The summed E-state index contributed by atoms with van der Waals surface area (Å²) in [6.07, 6.45) is 0.563. The standard InChI is InChI=1S/C15H22N2O3S/c1-15(2,3)20-14(19)17-7-6-11(10-17)16-9-12(18)13-5-4-8-21-13/h4-5,8,11,16H,6-7,9-10H2,1-3H3. The van der Waals surface area contributed by atoms with Gasteiger partial charge in [0.25, 0.3) is 0 Å². The predicted molar refractivity (Wildman–Crippen MR) is 82.9 cm³/mol. The summed E-state index contributed by atoms with van der Waals surface area (Å²) < 4.78 is 5.35. The van der Waals surface area contributed by atoms with E-state index in [2.05, 4.69) is 5.32 Å². The van der Waals surface area contributed by atoms with Crippen molar-refractivity contribution in [2.24, 2.45) is 0 Å². The number of rotatable bonds is 4. The minimum Gasteiger partial charge on any atom is -0.444 e. The summed E-state index contributed by atoms with van der Waals surface area (Å²) in [5.41, 5.74) is -0.474. The number of nitrogens with one attached hydrogen (secondary N) is 1. The number of hydrogen-bond donors (Lipinski definition) is 1. The van der Waals surface area contributed by atoms with Gasteiger partial charge >= 0.3 is 6.09 Å². The molecule has 1 unspecified atom stereocenters. The number of thiophene rings is 1. The molecule has 1 aromatic rings. The third-order valence-corrected chi connectivity index (χ3v) is 4.10. The van der Waals surface area contributed by atoms with E-state index in [9.17, 15) is 9.59 Å². The van der Waals surface area contributed by atoms with Gasteiger partial charge in [0.05, 0.1) is 11.4 Å². The van der Waals surface area contributed by atoms with E-state index in [1.165, 1.54) is 11.3 Å². The highest BCUT2D eigenvalue weighted by molar-refractivity contribution is 7.12. The fourth-order valence-electron chi connectivity index (χ4n) is 2.18. The van der Waals surface area contributed by atoms with Crippen LogP contribution in [0.15, 0.2) is 17.5 Å². The molecule has 1 aliphatic heterocycles. The number of nitrogens with zero attached hydrogens (tertiary/aromatic N) is 1. The lowest BCUT2D eigenvalue weighted by molar-refractivity contribution is 0.0291. The Bertz CT molecular complexity index is 494. The lowest BCUT2D eigenvalue weighted by Crippen LogP contribution is -2.39. The van der Waals surface area contributed by atoms with Crippen LogP contribution in [0.2, 0.25) is 0 Å². The van der Waals surface area contributed by atoms with Crippen molar-refractivity contribution in [2.45, 2.75) is 38.8 Å². The van der Waals surface area contributed by atoms with Gasteiger partial charge in [0.2, 0.25) is 0 Å². The highest BCUT2D eigenvalue weighted by Gasteiger charge is 2.29. The first-order valence-corrected chi connectivity index (χ1v) is 8.01. The molecule has 0 bridgehead atoms. The van der Waals surface area contributed by atoms with Crippen molar-refractivity contribution in [3.63, 3.8) is 0 Å². The highest BCUT2D eigenvalue weighted by atomic mass is 32.1. The molecular formula is C15H22N2O3S. The van der Waals surface area contributed by atoms with Gasteiger partial charge in [-0.2, -0.15) is 0 Å². The Morgan fingerprint density at radius 2 is 2.24 bits per heavy atom. The third kappa shape index (κ3) is 4.82. The van der Waals surface area contributed by atoms with Gasteiger partial charge in [0.1, 0.15) is 5.60 Å². The smallest absolute Gasteiger partial charge is 0.410 e. The van der Waals surface area contributed by atoms with Crippen LogP contribution in [-0.4, -0.2) is 48.1 Å². The molecule has 1 N–H and O–H groups in total. The van der Waals surface area contributed by atoms with E-state index in [1.54, 1.807) is 4.90 Å². The Morgan fingerprint density at radius 3 is 2.86 bits per heavy atom. The molecule has 0 radical (unpaired) electrons. The van der Waals surface area contributed by atoms with Crippen LogP contribution in [0.4, 0.5) is 4.79 Å². The predicted octanol–water partition coefficient (Wildman–Crippen LogP) is 2.53. The normalized spacial score (nSPS) is 18.8. The number of ketones is 1. The Morgan fingerprint density at radius 1 is 1.48 bits per heavy atom. The second kappa shape index (κ2) is 6.58. The first-order chi connectivity index (χ1) is 9.85. The minimum atomic E-state index is -0.474. The van der Waals surface area contributed by atoms with Gasteiger partial charge in [-0.15, -0.1) is 11.3 Å². The van der Waals surface area contributed by atoms with Crippen molar-refractivity contribution in [1.29, 1.82) is 0 Å². The second-order valence-corrected chi connectivity index (χ2v) is 7.14. The maximum Gasteiger partial charge on any atom is 0.410 e. The first kappa shape index (κ1) is 16.0. The van der Waals surface area contributed by atoms with E-state index in [1.807, 2.05) is 38.3 Å². The fourth-order valence-corrected chi connectivity index (χ4v) is 2.85. The summed E-state index contributed by atoms with van der Waals surface area (Å²) in [5.74, 6) is 0.0979. The number of amides is 1. The van der Waals surface area contributed by atoms with E-state index < -0.39 is 5.60 Å². The number of likely N-dealkylation sites (tertiary alicyclic amines) is 1. The summed E-state index contributed by atoms with van der Waals surface area (Å²) in [7, 11) is 0. The highest BCUT2D eigenvalue weighted by Crippen LogP contribution is 2.15. The molecule has 1 saturated heterocycles. The summed E-state index contributed by atoms with van der Waals surface area (Å²) >= 11 is 1.45. The van der Waals surface area contributed by atoms with E-state index in [0.717, 1.165) is 11.3 Å². The van der Waals surface area contributed by atoms with Crippen molar-refractivity contribution in [2.75, 3.05) is 19.6 Å². The molecule has 1 atom stereocenters. The molecule has 1 fully saturated rings. The van der Waals surface area contributed by atoms with Crippen molar-refractivity contribution < 1.29 is 14.3 Å². The average molecular weight is 310 g/mol. The number of carbonyl (C=O) groups excluding carboxylic acids is 2. The molecule has 0 spiro atoms. The maximum absolute atomic E-state index is 11.9. The zero-order chi connectivity index (χ0) is 15.5. The van der Waals surface area contributed by atoms with E-state index >= 15 is 0 Å². The van der Waals surface area contributed by atoms with E-state index in [4.69, 9.17) is 4.74 Å². The Labute approximate surface area is 129 Å². The average Bonchev–Trinajstić information content (AvgIpc) is 3.05. The molecule has 6 heteroatoms. The van der Waals surface area contributed by atoms with Crippen LogP contribution in [0.1, 0.15) is 36.9 Å². The van der Waals surface area contributed by atoms with E-state index in [-0.39, 0.29) is 17.9 Å². The van der Waals surface area contributed by atoms with Gasteiger partial charge in [0, 0.05) is 19.1 Å². The van der Waals surface area contributed by atoms with Gasteiger partial charge in [-0.1, -0.05) is 6.07 Å². The molecule has 0 aromatic carbocycles. The minimum absolute atomic E-state index is 0.0979. The summed E-state index contributed by atoms with van der Waals surface area (Å²) in [6, 6.07) is 3.86. The Hall–Kier alpha value is -1.40. The molecule has 2 rings (SSSR count). The molecule has 1 amide bonds. The largest absolute Gasteiger partial charge is 0.444 e. The second-order valence-electron chi connectivity index (χ2n) is 6.19. The fraction of sp³-hybridized carbons (Fsp3) is 0.600. The number of ether oxygens (including phenoxy) is 1. The van der Waals surface area contributed by atoms with Crippen molar-refractivity contribution in [3.8, 4) is 0 Å². The van der Waals surface area contributed by atoms with Crippen LogP contribution >= 0.6 is 11.3 Å². The molecule has 1 aromatic heterocycles. The molecule has 2 heterocycles. The quantitative estimate of drug-likeness (QED) is 0.868. The lowest BCUT2D eigenvalue weighted by Gasteiger charge is -2.24. The van der Waals surface area contributed by atoms with Crippen LogP contribution in [0.3, 0.4) is 0 Å². The maximum atomic E-state index is 11.9. The summed E-state index contributed by atoms with van der Waals surface area (Å²) in [6.45, 7) is 7.14. The monoisotopic (exact) mass is 310 g/mol. The topological polar surface area (TPSA) is 58.6 Å². The summed E-state index contributed by atoms with van der Waals surface area (Å²) in [5, 5.41) is 5.12. The molecule has 0 saturated carbocycles. The van der Waals surface area contributed by atoms with Crippen molar-refractivity contribution in [1.82, 2.24) is 10.2 Å². The van der Waals surface area contributed by atoms with Crippen LogP contribution in [0.25, 0.3) is 0 Å². The van der Waals surface area contributed by atoms with Crippen LogP contribution < -0.4 is 5.32 Å². The Balaban J connectivity index is 1.75. The van der Waals surface area contributed by atoms with E-state index in [0.29, 0.717) is 19.6 Å². The van der Waals surface area contributed by atoms with Gasteiger partial charge in [-0.25, -0.2) is 4.79 Å². The van der Waals surface area contributed by atoms with Gasteiger partial charge in [-0.05, 0) is 38.6 Å². The molecule has 0 aliphatic carbocycles. The zero-order valence-electron chi connectivity index (χ0n) is 12.7. The number of hydrogen-bond acceptors (Lipinski definition) is 5.